The van der Waals surface area contributed by atoms with Crippen molar-refractivity contribution in [1.82, 2.24) is 10.3 Å². The number of nitrogens with zero attached hydrogens (tertiary/aromatic N) is 1. The number of anilines is 1. The molecule has 0 aliphatic rings. The Morgan fingerprint density at radius 2 is 1.88 bits per heavy atom. The summed E-state index contributed by atoms with van der Waals surface area (Å²) in [5.74, 6) is 0.473. The van der Waals surface area contributed by atoms with Crippen LogP contribution in [0.1, 0.15) is 29.3 Å². The number of carbonyl (C=O) groups is 1. The zero-order chi connectivity index (χ0) is 22.5. The summed E-state index contributed by atoms with van der Waals surface area (Å²) in [5.41, 5.74) is 4.41. The first-order chi connectivity index (χ1) is 15.5. The summed E-state index contributed by atoms with van der Waals surface area (Å²) in [6.07, 6.45) is 0.934. The van der Waals surface area contributed by atoms with E-state index in [9.17, 15) is 4.79 Å². The summed E-state index contributed by atoms with van der Waals surface area (Å²) >= 11 is 7.01. The molecule has 1 aromatic heterocycles. The Bertz CT molecular complexity index is 1230. The molecule has 0 bridgehead atoms. The summed E-state index contributed by atoms with van der Waals surface area (Å²) in [5, 5.41) is 7.06. The Kier molecular flexibility index (Phi) is 6.78. The van der Waals surface area contributed by atoms with Gasteiger partial charge in [0, 0.05) is 16.8 Å². The third-order valence-electron chi connectivity index (χ3n) is 4.83. The number of fused-ring (bicyclic) bond motifs is 1. The van der Waals surface area contributed by atoms with Crippen LogP contribution in [-0.2, 0) is 0 Å². The fraction of sp³-hybridized carbons (Fsp3) is 0.160. The quantitative estimate of drug-likeness (QED) is 0.335. The molecule has 7 heteroatoms. The minimum atomic E-state index is -0.270. The first-order valence-corrected chi connectivity index (χ1v) is 11.6. The number of hydrogen-bond donors (Lipinski definition) is 2. The number of para-hydroxylation sites is 1. The molecular weight excluding hydrogens is 438 g/mol. The molecule has 0 aliphatic heterocycles. The lowest BCUT2D eigenvalue weighted by Gasteiger charge is -2.13. The predicted molar refractivity (Wildman–Crippen MR) is 136 cm³/mol. The number of thiazole rings is 1. The van der Waals surface area contributed by atoms with E-state index in [4.69, 9.17) is 21.9 Å². The van der Waals surface area contributed by atoms with Gasteiger partial charge in [0.15, 0.2) is 5.11 Å². The van der Waals surface area contributed by atoms with E-state index in [-0.39, 0.29) is 11.0 Å². The van der Waals surface area contributed by atoms with Crippen LogP contribution < -0.4 is 15.4 Å². The molecule has 4 rings (SSSR count). The van der Waals surface area contributed by atoms with Crippen molar-refractivity contribution in [3.8, 4) is 16.3 Å². The molecule has 0 fully saturated rings. The van der Waals surface area contributed by atoms with Gasteiger partial charge in [-0.1, -0.05) is 19.1 Å². The summed E-state index contributed by atoms with van der Waals surface area (Å²) in [6.45, 7) is 4.70. The predicted octanol–water partition coefficient (Wildman–Crippen LogP) is 6.19. The average Bonchev–Trinajstić information content (AvgIpc) is 3.23. The Balaban J connectivity index is 1.40. The summed E-state index contributed by atoms with van der Waals surface area (Å²) in [6, 6.07) is 21.2. The number of rotatable bonds is 6. The normalized spacial score (nSPS) is 10.7. The molecule has 2 N–H and O–H groups in total. The zero-order valence-corrected chi connectivity index (χ0v) is 19.5. The van der Waals surface area contributed by atoms with Crippen molar-refractivity contribution in [2.45, 2.75) is 20.3 Å². The highest BCUT2D eigenvalue weighted by Gasteiger charge is 2.11. The fourth-order valence-electron chi connectivity index (χ4n) is 3.18. The molecule has 0 spiro atoms. The monoisotopic (exact) mass is 461 g/mol. The van der Waals surface area contributed by atoms with Crippen molar-refractivity contribution in [1.29, 1.82) is 0 Å². The van der Waals surface area contributed by atoms with Gasteiger partial charge in [-0.25, -0.2) is 4.98 Å². The lowest BCUT2D eigenvalue weighted by molar-refractivity contribution is 0.0977. The highest BCUT2D eigenvalue weighted by Crippen LogP contribution is 2.31. The maximum atomic E-state index is 12.5. The average molecular weight is 462 g/mol. The van der Waals surface area contributed by atoms with Crippen molar-refractivity contribution in [2.75, 3.05) is 11.9 Å². The van der Waals surface area contributed by atoms with E-state index in [1.54, 1.807) is 35.6 Å². The van der Waals surface area contributed by atoms with Gasteiger partial charge in [-0.3, -0.25) is 10.1 Å². The van der Waals surface area contributed by atoms with Crippen molar-refractivity contribution in [2.24, 2.45) is 0 Å². The van der Waals surface area contributed by atoms with Gasteiger partial charge in [0.25, 0.3) is 5.91 Å². The van der Waals surface area contributed by atoms with Crippen LogP contribution in [0, 0.1) is 6.92 Å². The van der Waals surface area contributed by atoms with E-state index in [0.717, 1.165) is 44.2 Å². The van der Waals surface area contributed by atoms with Crippen LogP contribution in [0.3, 0.4) is 0 Å². The maximum absolute atomic E-state index is 12.5. The third-order valence-corrected chi connectivity index (χ3v) is 6.12. The SMILES string of the molecule is CCCOc1ccc(C(=O)NC(=S)Nc2ccc(-c3nc4ccccc4s3)cc2C)cc1. The molecule has 0 aliphatic carbocycles. The molecule has 3 aromatic carbocycles. The number of aromatic nitrogens is 1. The Hall–Kier alpha value is -3.29. The summed E-state index contributed by atoms with van der Waals surface area (Å²) in [7, 11) is 0. The van der Waals surface area contributed by atoms with E-state index in [0.29, 0.717) is 12.2 Å². The minimum absolute atomic E-state index is 0.247. The van der Waals surface area contributed by atoms with E-state index in [1.165, 1.54) is 0 Å². The zero-order valence-electron chi connectivity index (χ0n) is 17.8. The smallest absolute Gasteiger partial charge is 0.257 e. The molecule has 0 radical (unpaired) electrons. The number of thiocarbonyl (C=S) groups is 1. The van der Waals surface area contributed by atoms with Crippen molar-refractivity contribution < 1.29 is 9.53 Å². The lowest BCUT2D eigenvalue weighted by Crippen LogP contribution is -2.34. The van der Waals surface area contributed by atoms with Crippen molar-refractivity contribution in [3.05, 3.63) is 77.9 Å². The molecule has 5 nitrogen and oxygen atoms in total. The molecule has 1 amide bonds. The molecule has 0 unspecified atom stereocenters. The van der Waals surface area contributed by atoms with Gasteiger partial charge in [0.05, 0.1) is 16.8 Å². The van der Waals surface area contributed by atoms with Gasteiger partial charge >= 0.3 is 0 Å². The minimum Gasteiger partial charge on any atom is -0.494 e. The highest BCUT2D eigenvalue weighted by atomic mass is 32.1. The fourth-order valence-corrected chi connectivity index (χ4v) is 4.35. The Labute approximate surface area is 196 Å². The molecule has 0 saturated carbocycles. The van der Waals surface area contributed by atoms with E-state index < -0.39 is 0 Å². The number of aryl methyl sites for hydroxylation is 1. The second-order valence-corrected chi connectivity index (χ2v) is 8.74. The third kappa shape index (κ3) is 5.12. The van der Waals surface area contributed by atoms with E-state index >= 15 is 0 Å². The topological polar surface area (TPSA) is 63.2 Å². The van der Waals surface area contributed by atoms with E-state index in [2.05, 4.69) is 22.8 Å². The van der Waals surface area contributed by atoms with Gasteiger partial charge in [-0.15, -0.1) is 11.3 Å². The molecule has 32 heavy (non-hydrogen) atoms. The Morgan fingerprint density at radius 3 is 2.59 bits per heavy atom. The van der Waals surface area contributed by atoms with Gasteiger partial charge in [-0.2, -0.15) is 0 Å². The van der Waals surface area contributed by atoms with Crippen LogP contribution >= 0.6 is 23.6 Å². The van der Waals surface area contributed by atoms with Crippen molar-refractivity contribution in [3.63, 3.8) is 0 Å². The second-order valence-electron chi connectivity index (χ2n) is 7.30. The standard InChI is InChI=1S/C25H23N3O2S2/c1-3-14-30-19-11-8-17(9-12-19)23(29)28-25(31)27-20-13-10-18(15-16(20)2)24-26-21-6-4-5-7-22(21)32-24/h4-13,15H,3,14H2,1-2H3,(H2,27,28,29,31). The molecule has 0 saturated heterocycles. The van der Waals surface area contributed by atoms with Crippen LogP contribution in [0.4, 0.5) is 5.69 Å². The van der Waals surface area contributed by atoms with Gasteiger partial charge in [0.1, 0.15) is 10.8 Å². The largest absolute Gasteiger partial charge is 0.494 e. The molecule has 1 heterocycles. The second kappa shape index (κ2) is 9.89. The number of nitrogens with one attached hydrogen (secondary N) is 2. The van der Waals surface area contributed by atoms with Crippen LogP contribution in [-0.4, -0.2) is 22.6 Å². The van der Waals surface area contributed by atoms with Gasteiger partial charge < -0.3 is 10.1 Å². The molecule has 0 atom stereocenters. The van der Waals surface area contributed by atoms with Crippen LogP contribution in [0.5, 0.6) is 5.75 Å². The molecular formula is C25H23N3O2S2. The number of amides is 1. The van der Waals surface area contributed by atoms with Crippen molar-refractivity contribution >= 4 is 50.5 Å². The van der Waals surface area contributed by atoms with Crippen LogP contribution in [0.15, 0.2) is 66.7 Å². The first-order valence-electron chi connectivity index (χ1n) is 10.4. The van der Waals surface area contributed by atoms with Gasteiger partial charge in [-0.05, 0) is 85.7 Å². The molecule has 162 valence electrons. The van der Waals surface area contributed by atoms with Crippen LogP contribution in [0.25, 0.3) is 20.8 Å². The van der Waals surface area contributed by atoms with Crippen LogP contribution in [0.2, 0.25) is 0 Å². The number of benzene rings is 3. The maximum Gasteiger partial charge on any atom is 0.257 e. The van der Waals surface area contributed by atoms with Gasteiger partial charge in [0.2, 0.25) is 0 Å². The first kappa shape index (κ1) is 21.9. The lowest BCUT2D eigenvalue weighted by atomic mass is 10.1. The number of hydrogen-bond acceptors (Lipinski definition) is 5. The number of carbonyl (C=O) groups excluding carboxylic acids is 1. The summed E-state index contributed by atoms with van der Waals surface area (Å²) < 4.78 is 6.71. The number of ether oxygens (including phenoxy) is 1. The Morgan fingerprint density at radius 1 is 1.09 bits per heavy atom. The summed E-state index contributed by atoms with van der Waals surface area (Å²) in [4.78, 5) is 17.2. The molecule has 4 aromatic rings. The highest BCUT2D eigenvalue weighted by molar-refractivity contribution is 7.80. The van der Waals surface area contributed by atoms with E-state index in [1.807, 2.05) is 44.2 Å².